The molecule has 2 fully saturated rings. The van der Waals surface area contributed by atoms with Crippen LogP contribution in [0.15, 0.2) is 41.6 Å². The van der Waals surface area contributed by atoms with Crippen LogP contribution in [0, 0.1) is 5.41 Å². The van der Waals surface area contributed by atoms with Gasteiger partial charge in [-0.05, 0) is 58.1 Å². The summed E-state index contributed by atoms with van der Waals surface area (Å²) >= 11 is 0. The molecule has 3 rings (SSSR count). The number of allylic oxidation sites excluding steroid dienone is 1. The average Bonchev–Trinajstić information content (AvgIpc) is 2.71. The van der Waals surface area contributed by atoms with Gasteiger partial charge in [0.1, 0.15) is 5.73 Å². The Morgan fingerprint density at radius 1 is 1.08 bits per heavy atom. The van der Waals surface area contributed by atoms with E-state index in [1.54, 1.807) is 0 Å². The van der Waals surface area contributed by atoms with E-state index < -0.39 is 18.3 Å². The van der Waals surface area contributed by atoms with Crippen LogP contribution in [0.3, 0.4) is 0 Å². The third-order valence-corrected chi connectivity index (χ3v) is 5.73. The van der Waals surface area contributed by atoms with E-state index in [0.717, 1.165) is 6.42 Å². The molecule has 1 aromatic carbocycles. The molecule has 0 spiro atoms. The van der Waals surface area contributed by atoms with E-state index in [-0.39, 0.29) is 17.7 Å². The molecule has 1 saturated carbocycles. The number of halogens is 1. The highest BCUT2D eigenvalue weighted by atomic mass is 19.1. The number of hydrogen-bond donors (Lipinski definition) is 1. The first-order valence-electron chi connectivity index (χ1n) is 8.56. The molecular weight excluding hydrogens is 306 g/mol. The highest BCUT2D eigenvalue weighted by Crippen LogP contribution is 2.50. The lowest BCUT2D eigenvalue weighted by atomic mass is 9.60. The summed E-state index contributed by atoms with van der Waals surface area (Å²) in [6.07, 6.45) is 1.85. The van der Waals surface area contributed by atoms with Gasteiger partial charge in [0.15, 0.2) is 0 Å². The Kier molecular flexibility index (Phi) is 4.39. The first-order chi connectivity index (χ1) is 11.2. The van der Waals surface area contributed by atoms with Crippen molar-refractivity contribution in [3.05, 3.63) is 47.2 Å². The standard InChI is InChI=1S/C19H26BFO3/c1-17(2)18(3,4)24-20(23-17)16(21)15-11-19(12-15,13-22)10-14-8-6-5-7-9-14/h5-9,22H,10-13H2,1-4H3. The van der Waals surface area contributed by atoms with Gasteiger partial charge in [-0.3, -0.25) is 0 Å². The Balaban J connectivity index is 1.71. The van der Waals surface area contributed by atoms with Crippen LogP contribution in [0.5, 0.6) is 0 Å². The third-order valence-electron chi connectivity index (χ3n) is 5.73. The Labute approximate surface area is 144 Å². The fraction of sp³-hybridized carbons (Fsp3) is 0.579. The van der Waals surface area contributed by atoms with Gasteiger partial charge in [-0.15, -0.1) is 0 Å². The van der Waals surface area contributed by atoms with Crippen LogP contribution in [0.25, 0.3) is 0 Å². The molecule has 130 valence electrons. The summed E-state index contributed by atoms with van der Waals surface area (Å²) in [5.74, 6) is 0. The summed E-state index contributed by atoms with van der Waals surface area (Å²) in [6.45, 7) is 7.72. The molecule has 2 aliphatic rings. The second kappa shape index (κ2) is 5.97. The van der Waals surface area contributed by atoms with E-state index in [1.165, 1.54) is 5.56 Å². The fourth-order valence-electron chi connectivity index (χ4n) is 3.46. The predicted octanol–water partition coefficient (Wildman–Crippen LogP) is 3.86. The van der Waals surface area contributed by atoms with Crippen molar-refractivity contribution in [3.8, 4) is 0 Å². The smallest absolute Gasteiger partial charge is 0.398 e. The Hall–Kier alpha value is -1.17. The summed E-state index contributed by atoms with van der Waals surface area (Å²) in [7, 11) is -0.932. The first kappa shape index (κ1) is 17.7. The van der Waals surface area contributed by atoms with Crippen molar-refractivity contribution in [1.29, 1.82) is 0 Å². The molecule has 1 aliphatic carbocycles. The second-order valence-corrected chi connectivity index (χ2v) is 8.21. The van der Waals surface area contributed by atoms with Crippen molar-refractivity contribution in [2.45, 2.75) is 58.2 Å². The van der Waals surface area contributed by atoms with Crippen LogP contribution in [0.1, 0.15) is 46.1 Å². The van der Waals surface area contributed by atoms with Crippen molar-refractivity contribution in [3.63, 3.8) is 0 Å². The van der Waals surface area contributed by atoms with Gasteiger partial charge in [-0.25, -0.2) is 4.39 Å². The molecule has 0 bridgehead atoms. The zero-order chi connectivity index (χ0) is 17.6. The molecule has 5 heteroatoms. The average molecular weight is 332 g/mol. The highest BCUT2D eigenvalue weighted by molar-refractivity contribution is 6.53. The number of rotatable bonds is 4. The maximum absolute atomic E-state index is 14.8. The number of aliphatic hydroxyl groups is 1. The van der Waals surface area contributed by atoms with Gasteiger partial charge in [0.25, 0.3) is 0 Å². The monoisotopic (exact) mass is 332 g/mol. The molecule has 1 N–H and O–H groups in total. The zero-order valence-corrected chi connectivity index (χ0v) is 14.9. The lowest BCUT2D eigenvalue weighted by Crippen LogP contribution is -2.41. The first-order valence-corrected chi connectivity index (χ1v) is 8.56. The topological polar surface area (TPSA) is 38.7 Å². The third kappa shape index (κ3) is 3.05. The molecule has 24 heavy (non-hydrogen) atoms. The number of benzene rings is 1. The van der Waals surface area contributed by atoms with Gasteiger partial charge in [0, 0.05) is 12.0 Å². The molecule has 1 aromatic rings. The van der Waals surface area contributed by atoms with Crippen LogP contribution in [0.4, 0.5) is 4.39 Å². The van der Waals surface area contributed by atoms with Crippen LogP contribution in [0.2, 0.25) is 0 Å². The molecule has 0 atom stereocenters. The van der Waals surface area contributed by atoms with Gasteiger partial charge < -0.3 is 14.4 Å². The van der Waals surface area contributed by atoms with Gasteiger partial charge in [0.05, 0.1) is 11.2 Å². The largest absolute Gasteiger partial charge is 0.525 e. The Bertz CT molecular complexity index is 615. The van der Waals surface area contributed by atoms with Crippen LogP contribution in [-0.2, 0) is 15.7 Å². The van der Waals surface area contributed by atoms with Gasteiger partial charge >= 0.3 is 7.12 Å². The Morgan fingerprint density at radius 2 is 1.62 bits per heavy atom. The maximum atomic E-state index is 14.8. The van der Waals surface area contributed by atoms with Crippen molar-refractivity contribution < 1.29 is 18.8 Å². The van der Waals surface area contributed by atoms with Gasteiger partial charge in [-0.2, -0.15) is 0 Å². The summed E-state index contributed by atoms with van der Waals surface area (Å²) in [6, 6.07) is 10.0. The van der Waals surface area contributed by atoms with Gasteiger partial charge in [-0.1, -0.05) is 30.3 Å². The fourth-order valence-corrected chi connectivity index (χ4v) is 3.46. The summed E-state index contributed by atoms with van der Waals surface area (Å²) < 4.78 is 26.4. The van der Waals surface area contributed by atoms with Crippen LogP contribution < -0.4 is 0 Å². The lowest BCUT2D eigenvalue weighted by Gasteiger charge is -2.43. The molecule has 0 aromatic heterocycles. The summed E-state index contributed by atoms with van der Waals surface area (Å²) in [4.78, 5) is 0. The van der Waals surface area contributed by atoms with E-state index >= 15 is 0 Å². The van der Waals surface area contributed by atoms with E-state index in [2.05, 4.69) is 0 Å². The lowest BCUT2D eigenvalue weighted by molar-refractivity contribution is 0.00578. The van der Waals surface area contributed by atoms with Crippen molar-refractivity contribution in [2.24, 2.45) is 5.41 Å². The molecule has 1 heterocycles. The molecular formula is C19H26BFO3. The van der Waals surface area contributed by atoms with E-state index in [9.17, 15) is 9.50 Å². The molecule has 1 aliphatic heterocycles. The molecule has 0 radical (unpaired) electrons. The Morgan fingerprint density at radius 3 is 2.12 bits per heavy atom. The quantitative estimate of drug-likeness (QED) is 0.851. The van der Waals surface area contributed by atoms with E-state index in [0.29, 0.717) is 18.4 Å². The predicted molar refractivity (Wildman–Crippen MR) is 93.1 cm³/mol. The van der Waals surface area contributed by atoms with E-state index in [4.69, 9.17) is 9.31 Å². The summed E-state index contributed by atoms with van der Waals surface area (Å²) in [5, 5.41) is 9.82. The van der Waals surface area contributed by atoms with Crippen molar-refractivity contribution in [2.75, 3.05) is 6.61 Å². The zero-order valence-electron chi connectivity index (χ0n) is 14.9. The number of aliphatic hydroxyl groups excluding tert-OH is 1. The van der Waals surface area contributed by atoms with Crippen molar-refractivity contribution >= 4 is 7.12 Å². The van der Waals surface area contributed by atoms with E-state index in [1.807, 2.05) is 58.0 Å². The minimum absolute atomic E-state index is 0.0576. The van der Waals surface area contributed by atoms with Crippen molar-refractivity contribution in [1.82, 2.24) is 0 Å². The summed E-state index contributed by atoms with van der Waals surface area (Å²) in [5.41, 5.74) is 0.206. The molecule has 0 amide bonds. The minimum Gasteiger partial charge on any atom is -0.398 e. The normalized spacial score (nSPS) is 27.9. The SMILES string of the molecule is CC1(C)OB(C(F)=C2CC(CO)(Cc3ccccc3)C2)OC1(C)C. The molecule has 3 nitrogen and oxygen atoms in total. The van der Waals surface area contributed by atoms with Crippen LogP contribution in [-0.4, -0.2) is 30.0 Å². The molecule has 1 saturated heterocycles. The second-order valence-electron chi connectivity index (χ2n) is 8.21. The van der Waals surface area contributed by atoms with Gasteiger partial charge in [0.2, 0.25) is 0 Å². The van der Waals surface area contributed by atoms with Crippen LogP contribution >= 0.6 is 0 Å². The minimum atomic E-state index is -0.932. The highest BCUT2D eigenvalue weighted by Gasteiger charge is 2.55. The molecule has 0 unspecified atom stereocenters. The maximum Gasteiger partial charge on any atom is 0.525 e. The number of hydrogen-bond acceptors (Lipinski definition) is 3.